The molecule has 7 aromatic rings. The lowest BCUT2D eigenvalue weighted by molar-refractivity contribution is 1.12. The number of aromatic amines is 2. The Kier molecular flexibility index (Phi) is 11.2. The van der Waals surface area contributed by atoms with Gasteiger partial charge in [-0.2, -0.15) is 0 Å². The van der Waals surface area contributed by atoms with Crippen molar-refractivity contribution in [1.29, 1.82) is 0 Å². The Morgan fingerprint density at radius 1 is 0.303 bits per heavy atom. The SMILES string of the molecule is Cc1cc(C)c(-c2c3nc(c(-c4c(C)cc(N(C)C)cc4C)c4ccc([nH]4)c(-c4c(C)cc(N(C)C)cc4C)c4nc(c(-c5c(C)cc(N(C)C)cc5C)c5ccc2[nH]5)C=C4)C=C3)c(C)c1. The maximum Gasteiger partial charge on any atom is 0.0737 e. The van der Waals surface area contributed by atoms with Gasteiger partial charge in [0, 0.05) is 104 Å². The fraction of sp³-hybridized carbons (Fsp3) is 0.254. The summed E-state index contributed by atoms with van der Waals surface area (Å²) in [6.45, 7) is 20.0. The van der Waals surface area contributed by atoms with Crippen molar-refractivity contribution >= 4 is 63.4 Å². The van der Waals surface area contributed by atoms with Crippen LogP contribution in [0.3, 0.4) is 0 Å². The number of H-pyrrole nitrogens is 2. The molecule has 334 valence electrons. The molecule has 0 amide bonds. The van der Waals surface area contributed by atoms with Crippen molar-refractivity contribution < 1.29 is 0 Å². The van der Waals surface area contributed by atoms with Crippen molar-refractivity contribution in [3.8, 4) is 44.5 Å². The van der Waals surface area contributed by atoms with Crippen molar-refractivity contribution in [2.75, 3.05) is 57.0 Å². The zero-order chi connectivity index (χ0) is 47.0. The third-order valence-electron chi connectivity index (χ3n) is 13.5. The molecule has 0 fully saturated rings. The molecular weight excluding hydrogens is 807 g/mol. The number of aryl methyl sites for hydroxylation is 9. The van der Waals surface area contributed by atoms with Gasteiger partial charge in [0.2, 0.25) is 0 Å². The summed E-state index contributed by atoms with van der Waals surface area (Å²) in [4.78, 5) is 25.9. The number of nitrogens with zero attached hydrogens (tertiary/aromatic N) is 5. The molecule has 3 aromatic heterocycles. The van der Waals surface area contributed by atoms with Gasteiger partial charge in [-0.15, -0.1) is 0 Å². The molecule has 0 spiro atoms. The van der Waals surface area contributed by atoms with Crippen LogP contribution in [0.2, 0.25) is 0 Å². The molecule has 0 saturated carbocycles. The Hall–Kier alpha value is -7.12. The predicted octanol–water partition coefficient (Wildman–Crippen LogP) is 14.3. The minimum absolute atomic E-state index is 0.912. The van der Waals surface area contributed by atoms with Crippen molar-refractivity contribution in [2.45, 2.75) is 62.3 Å². The highest BCUT2D eigenvalue weighted by molar-refractivity contribution is 6.02. The highest BCUT2D eigenvalue weighted by atomic mass is 15.1. The summed E-state index contributed by atoms with van der Waals surface area (Å²) >= 11 is 0. The van der Waals surface area contributed by atoms with Crippen molar-refractivity contribution in [3.63, 3.8) is 0 Å². The second-order valence-electron chi connectivity index (χ2n) is 19.3. The molecule has 9 rings (SSSR count). The number of hydrogen-bond acceptors (Lipinski definition) is 5. The Morgan fingerprint density at radius 2 is 0.515 bits per heavy atom. The summed E-state index contributed by atoms with van der Waals surface area (Å²) in [5, 5.41) is 0. The van der Waals surface area contributed by atoms with E-state index >= 15 is 0 Å². The van der Waals surface area contributed by atoms with Crippen molar-refractivity contribution in [1.82, 2.24) is 19.9 Å². The quantitative estimate of drug-likeness (QED) is 0.167. The van der Waals surface area contributed by atoms with Gasteiger partial charge in [-0.25, -0.2) is 9.97 Å². The third kappa shape index (κ3) is 7.60. The summed E-state index contributed by atoms with van der Waals surface area (Å²) in [5.41, 5.74) is 31.0. The lowest BCUT2D eigenvalue weighted by Gasteiger charge is -2.19. The second kappa shape index (κ2) is 16.7. The number of benzene rings is 4. The predicted molar refractivity (Wildman–Crippen MR) is 286 cm³/mol. The van der Waals surface area contributed by atoms with E-state index in [4.69, 9.17) is 9.97 Å². The van der Waals surface area contributed by atoms with E-state index in [2.05, 4.69) is 226 Å². The highest BCUT2D eigenvalue weighted by Gasteiger charge is 2.24. The molecule has 2 aliphatic rings. The first-order valence-electron chi connectivity index (χ1n) is 23.0. The first-order chi connectivity index (χ1) is 31.4. The summed E-state index contributed by atoms with van der Waals surface area (Å²) in [6.07, 6.45) is 8.85. The van der Waals surface area contributed by atoms with Gasteiger partial charge in [-0.1, -0.05) is 17.7 Å². The minimum Gasteiger partial charge on any atom is -0.378 e. The Bertz CT molecular complexity index is 3230. The molecule has 2 N–H and O–H groups in total. The van der Waals surface area contributed by atoms with Gasteiger partial charge in [0.25, 0.3) is 0 Å². The molecule has 2 aliphatic heterocycles. The first kappa shape index (κ1) is 44.1. The molecule has 0 aliphatic carbocycles. The van der Waals surface area contributed by atoms with Gasteiger partial charge in [-0.3, -0.25) is 0 Å². The van der Waals surface area contributed by atoms with Crippen LogP contribution in [0.25, 0.3) is 90.9 Å². The normalized spacial score (nSPS) is 12.0. The number of anilines is 3. The fourth-order valence-corrected chi connectivity index (χ4v) is 10.6. The van der Waals surface area contributed by atoms with Crippen LogP contribution in [-0.2, 0) is 0 Å². The number of fused-ring (bicyclic) bond motifs is 8. The van der Waals surface area contributed by atoms with Gasteiger partial charge in [0.1, 0.15) is 0 Å². The lowest BCUT2D eigenvalue weighted by atomic mass is 9.92. The summed E-state index contributed by atoms with van der Waals surface area (Å²) in [5.74, 6) is 0. The van der Waals surface area contributed by atoms with Gasteiger partial charge < -0.3 is 24.7 Å². The van der Waals surface area contributed by atoms with E-state index in [-0.39, 0.29) is 0 Å². The molecule has 66 heavy (non-hydrogen) atoms. The van der Waals surface area contributed by atoms with Crippen molar-refractivity contribution in [3.05, 3.63) is 146 Å². The molecule has 7 heteroatoms. The Morgan fingerprint density at radius 3 is 0.727 bits per heavy atom. The molecule has 4 aromatic carbocycles. The van der Waals surface area contributed by atoms with Gasteiger partial charge in [0.05, 0.1) is 22.8 Å². The second-order valence-corrected chi connectivity index (χ2v) is 19.3. The zero-order valence-electron chi connectivity index (χ0n) is 41.5. The molecule has 0 radical (unpaired) electrons. The average Bonchev–Trinajstić information content (AvgIpc) is 4.08. The molecule has 0 unspecified atom stereocenters. The van der Waals surface area contributed by atoms with Crippen LogP contribution in [0, 0.1) is 62.3 Å². The average molecular weight is 870 g/mol. The topological polar surface area (TPSA) is 67.1 Å². The zero-order valence-corrected chi connectivity index (χ0v) is 41.5. The minimum atomic E-state index is 0.912. The largest absolute Gasteiger partial charge is 0.378 e. The van der Waals surface area contributed by atoms with E-state index in [1.165, 1.54) is 89.4 Å². The van der Waals surface area contributed by atoms with Crippen LogP contribution in [0.5, 0.6) is 0 Å². The third-order valence-corrected chi connectivity index (χ3v) is 13.5. The standard InChI is InChI=1S/C59H63N7/c1-32-24-33(2)52(34(3)25-32)56-44-16-18-46(60-44)57(53-35(4)26-41(64(10)11)27-36(53)5)48-20-22-50(62-48)59(55-39(8)30-43(66(14)15)31-40(55)9)51-23-21-49(63-51)58(47-19-17-45(56)61-47)54-37(6)28-42(65(12)13)29-38(54)7/h16-31,60,63H,1-15H3. The maximum atomic E-state index is 5.69. The van der Waals surface area contributed by atoms with Gasteiger partial charge >= 0.3 is 0 Å². The molecule has 0 atom stereocenters. The van der Waals surface area contributed by atoms with E-state index in [0.717, 1.165) is 67.1 Å². The van der Waals surface area contributed by atoms with Gasteiger partial charge in [-0.05, 0) is 214 Å². The van der Waals surface area contributed by atoms with E-state index in [1.54, 1.807) is 0 Å². The Labute approximate surface area is 391 Å². The Balaban J connectivity index is 1.52. The van der Waals surface area contributed by atoms with E-state index < -0.39 is 0 Å². The summed E-state index contributed by atoms with van der Waals surface area (Å²) in [7, 11) is 12.6. The van der Waals surface area contributed by atoms with Crippen molar-refractivity contribution in [2.24, 2.45) is 0 Å². The van der Waals surface area contributed by atoms with Crippen LogP contribution in [0.15, 0.2) is 72.8 Å². The van der Waals surface area contributed by atoms with Gasteiger partial charge in [0.15, 0.2) is 0 Å². The number of rotatable bonds is 7. The van der Waals surface area contributed by atoms with E-state index in [0.29, 0.717) is 0 Å². The van der Waals surface area contributed by atoms with E-state index in [1.807, 2.05) is 0 Å². The van der Waals surface area contributed by atoms with Crippen LogP contribution in [-0.4, -0.2) is 62.2 Å². The number of aromatic nitrogens is 4. The smallest absolute Gasteiger partial charge is 0.0737 e. The maximum absolute atomic E-state index is 5.69. The molecular formula is C59H63N7. The first-order valence-corrected chi connectivity index (χ1v) is 23.0. The van der Waals surface area contributed by atoms with E-state index in [9.17, 15) is 0 Å². The fourth-order valence-electron chi connectivity index (χ4n) is 10.6. The molecule has 8 bridgehead atoms. The summed E-state index contributed by atoms with van der Waals surface area (Å²) < 4.78 is 0. The van der Waals surface area contributed by atoms with Crippen LogP contribution < -0.4 is 14.7 Å². The lowest BCUT2D eigenvalue weighted by Crippen LogP contribution is -2.09. The van der Waals surface area contributed by atoms with Crippen LogP contribution in [0.1, 0.15) is 72.8 Å². The summed E-state index contributed by atoms with van der Waals surface area (Å²) in [6, 6.07) is 27.3. The monoisotopic (exact) mass is 870 g/mol. The highest BCUT2D eigenvalue weighted by Crippen LogP contribution is 2.44. The molecule has 7 nitrogen and oxygen atoms in total. The van der Waals surface area contributed by atoms with Crippen LogP contribution >= 0.6 is 0 Å². The molecule has 5 heterocycles. The molecule has 0 saturated heterocycles. The number of nitrogens with one attached hydrogen (secondary N) is 2. The van der Waals surface area contributed by atoms with Crippen LogP contribution in [0.4, 0.5) is 17.1 Å². The number of hydrogen-bond donors (Lipinski definition) is 2.